The van der Waals surface area contributed by atoms with Gasteiger partial charge in [0.25, 0.3) is 11.8 Å². The Balaban J connectivity index is 1.27. The second-order valence-corrected chi connectivity index (χ2v) is 9.43. The number of hydrogen-bond acceptors (Lipinski definition) is 5. The molecule has 0 aliphatic carbocycles. The van der Waals surface area contributed by atoms with Gasteiger partial charge in [-0.25, -0.2) is 10.1 Å². The van der Waals surface area contributed by atoms with Crippen molar-refractivity contribution >= 4 is 29.6 Å². The van der Waals surface area contributed by atoms with Gasteiger partial charge in [0.05, 0.1) is 18.4 Å². The van der Waals surface area contributed by atoms with Crippen molar-refractivity contribution in [3.8, 4) is 22.7 Å². The summed E-state index contributed by atoms with van der Waals surface area (Å²) in [5, 5.41) is 11.9. The summed E-state index contributed by atoms with van der Waals surface area (Å²) in [6, 6.07) is 33.8. The van der Waals surface area contributed by atoms with Crippen molar-refractivity contribution in [1.82, 2.24) is 20.5 Å². The number of hydrazone groups is 1. The van der Waals surface area contributed by atoms with Crippen LogP contribution >= 0.6 is 11.6 Å². The molecule has 0 saturated carbocycles. The fourth-order valence-electron chi connectivity index (χ4n) is 3.97. The summed E-state index contributed by atoms with van der Waals surface area (Å²) in [5.74, 6) is -0.148. The highest BCUT2D eigenvalue weighted by Gasteiger charge is 2.12. The summed E-state index contributed by atoms with van der Waals surface area (Å²) >= 11 is 5.93. The number of aromatic nitrogens is 2. The third-order valence-corrected chi connectivity index (χ3v) is 6.26. The maximum atomic E-state index is 12.3. The topological polar surface area (TPSA) is 97.6 Å². The SMILES string of the molecule is O=C(CNC(=O)c1cccc(Cl)c1)N/N=C/c1cn(-c2ccccc2)nc1-c1ccc(OCc2ccccc2)cc1. The Bertz CT molecular complexity index is 1650. The zero-order valence-electron chi connectivity index (χ0n) is 21.9. The number of ether oxygens (including phenoxy) is 1. The minimum absolute atomic E-state index is 0.247. The molecule has 0 atom stereocenters. The van der Waals surface area contributed by atoms with Crippen LogP contribution in [0.3, 0.4) is 0 Å². The van der Waals surface area contributed by atoms with E-state index in [0.717, 1.165) is 22.6 Å². The standard InChI is InChI=1S/C32H26ClN5O3/c33-27-11-7-10-25(18-27)32(40)34-20-30(39)36-35-19-26-21-38(28-12-5-2-6-13-28)37-31(26)24-14-16-29(17-15-24)41-22-23-8-3-1-4-9-23/h1-19,21H,20,22H2,(H,34,40)(H,36,39)/b35-19+. The summed E-state index contributed by atoms with van der Waals surface area (Å²) in [6.45, 7) is 0.225. The van der Waals surface area contributed by atoms with E-state index < -0.39 is 11.8 Å². The third kappa shape index (κ3) is 7.46. The summed E-state index contributed by atoms with van der Waals surface area (Å²) < 4.78 is 7.67. The van der Waals surface area contributed by atoms with Crippen LogP contribution in [0.4, 0.5) is 0 Å². The number of rotatable bonds is 10. The number of nitrogens with zero attached hydrogens (tertiary/aromatic N) is 3. The maximum Gasteiger partial charge on any atom is 0.259 e. The van der Waals surface area contributed by atoms with E-state index >= 15 is 0 Å². The van der Waals surface area contributed by atoms with Crippen molar-refractivity contribution in [1.29, 1.82) is 0 Å². The number of amides is 2. The van der Waals surface area contributed by atoms with Crippen LogP contribution in [0.15, 0.2) is 120 Å². The molecule has 9 heteroatoms. The Kier molecular flexibility index (Phi) is 8.83. The molecule has 0 saturated heterocycles. The highest BCUT2D eigenvalue weighted by atomic mass is 35.5. The van der Waals surface area contributed by atoms with E-state index in [-0.39, 0.29) is 6.54 Å². The van der Waals surface area contributed by atoms with Crippen LogP contribution in [0.25, 0.3) is 16.9 Å². The van der Waals surface area contributed by atoms with Crippen LogP contribution < -0.4 is 15.5 Å². The number of nitrogens with one attached hydrogen (secondary N) is 2. The molecule has 1 heterocycles. The van der Waals surface area contributed by atoms with Crippen molar-refractivity contribution in [2.24, 2.45) is 5.10 Å². The van der Waals surface area contributed by atoms with Gasteiger partial charge in [-0.2, -0.15) is 10.2 Å². The van der Waals surface area contributed by atoms with Gasteiger partial charge in [-0.1, -0.05) is 66.2 Å². The van der Waals surface area contributed by atoms with E-state index in [2.05, 4.69) is 15.8 Å². The van der Waals surface area contributed by atoms with Crippen LogP contribution in [0.5, 0.6) is 5.75 Å². The number of carbonyl (C=O) groups is 2. The number of halogens is 1. The molecule has 4 aromatic carbocycles. The van der Waals surface area contributed by atoms with Crippen molar-refractivity contribution in [3.05, 3.63) is 137 Å². The summed E-state index contributed by atoms with van der Waals surface area (Å²) in [4.78, 5) is 24.6. The number of para-hydroxylation sites is 1. The van der Waals surface area contributed by atoms with Crippen LogP contribution in [0, 0.1) is 0 Å². The molecule has 0 aliphatic rings. The van der Waals surface area contributed by atoms with Gasteiger partial charge in [-0.05, 0) is 60.2 Å². The molecule has 0 bridgehead atoms. The van der Waals surface area contributed by atoms with Crippen LogP contribution in [-0.2, 0) is 11.4 Å². The molecule has 0 unspecified atom stereocenters. The van der Waals surface area contributed by atoms with Crippen LogP contribution in [0.2, 0.25) is 5.02 Å². The second-order valence-electron chi connectivity index (χ2n) is 9.00. The Morgan fingerprint density at radius 1 is 0.902 bits per heavy atom. The minimum atomic E-state index is -0.478. The fourth-order valence-corrected chi connectivity index (χ4v) is 4.16. The summed E-state index contributed by atoms with van der Waals surface area (Å²) in [5.41, 5.74) is 7.00. The fraction of sp³-hybridized carbons (Fsp3) is 0.0625. The van der Waals surface area contributed by atoms with Gasteiger partial charge in [0, 0.05) is 27.9 Å². The molecule has 1 aromatic heterocycles. The molecule has 5 aromatic rings. The zero-order chi connectivity index (χ0) is 28.4. The Labute approximate surface area is 242 Å². The second kappa shape index (κ2) is 13.2. The molecule has 0 radical (unpaired) electrons. The van der Waals surface area contributed by atoms with Gasteiger partial charge in [0.2, 0.25) is 0 Å². The molecular formula is C32H26ClN5O3. The van der Waals surface area contributed by atoms with E-state index in [4.69, 9.17) is 21.4 Å². The highest BCUT2D eigenvalue weighted by molar-refractivity contribution is 6.31. The molecule has 0 fully saturated rings. The molecule has 41 heavy (non-hydrogen) atoms. The smallest absolute Gasteiger partial charge is 0.259 e. The molecule has 0 spiro atoms. The van der Waals surface area contributed by atoms with Gasteiger partial charge in [0.1, 0.15) is 18.1 Å². The van der Waals surface area contributed by atoms with E-state index in [1.165, 1.54) is 12.3 Å². The van der Waals surface area contributed by atoms with Gasteiger partial charge in [-0.3, -0.25) is 9.59 Å². The van der Waals surface area contributed by atoms with Crippen molar-refractivity contribution < 1.29 is 14.3 Å². The van der Waals surface area contributed by atoms with Gasteiger partial charge in [0.15, 0.2) is 0 Å². The lowest BCUT2D eigenvalue weighted by Gasteiger charge is -2.07. The Morgan fingerprint density at radius 3 is 2.37 bits per heavy atom. The zero-order valence-corrected chi connectivity index (χ0v) is 22.7. The normalized spacial score (nSPS) is 10.9. The van der Waals surface area contributed by atoms with Gasteiger partial charge >= 0.3 is 0 Å². The lowest BCUT2D eigenvalue weighted by Crippen LogP contribution is -2.34. The Morgan fingerprint density at radius 2 is 1.63 bits per heavy atom. The lowest BCUT2D eigenvalue weighted by molar-refractivity contribution is -0.120. The first-order valence-electron chi connectivity index (χ1n) is 12.8. The summed E-state index contributed by atoms with van der Waals surface area (Å²) in [6.07, 6.45) is 3.36. The third-order valence-electron chi connectivity index (χ3n) is 6.03. The molecule has 0 aliphatic heterocycles. The highest BCUT2D eigenvalue weighted by Crippen LogP contribution is 2.25. The van der Waals surface area contributed by atoms with E-state index in [0.29, 0.717) is 28.5 Å². The van der Waals surface area contributed by atoms with Crippen LogP contribution in [-0.4, -0.2) is 34.4 Å². The number of carbonyl (C=O) groups excluding carboxylic acids is 2. The lowest BCUT2D eigenvalue weighted by atomic mass is 10.1. The van der Waals surface area contributed by atoms with Crippen molar-refractivity contribution in [3.63, 3.8) is 0 Å². The predicted octanol–water partition coefficient (Wildman–Crippen LogP) is 5.65. The van der Waals surface area contributed by atoms with Gasteiger partial charge < -0.3 is 10.1 Å². The largest absolute Gasteiger partial charge is 0.489 e. The van der Waals surface area contributed by atoms with Gasteiger partial charge in [-0.15, -0.1) is 0 Å². The number of hydrogen-bond donors (Lipinski definition) is 2. The molecular weight excluding hydrogens is 538 g/mol. The first-order valence-corrected chi connectivity index (χ1v) is 13.2. The quantitative estimate of drug-likeness (QED) is 0.169. The average molecular weight is 564 g/mol. The monoisotopic (exact) mass is 563 g/mol. The van der Waals surface area contributed by atoms with Crippen molar-refractivity contribution in [2.45, 2.75) is 6.61 Å². The first kappa shape index (κ1) is 27.4. The average Bonchev–Trinajstić information content (AvgIpc) is 3.44. The summed E-state index contributed by atoms with van der Waals surface area (Å²) in [7, 11) is 0. The van der Waals surface area contributed by atoms with E-state index in [1.807, 2.05) is 91.1 Å². The molecule has 2 N–H and O–H groups in total. The predicted molar refractivity (Wildman–Crippen MR) is 159 cm³/mol. The Hall–Kier alpha value is -5.21. The molecule has 2 amide bonds. The number of benzene rings is 4. The molecule has 204 valence electrons. The van der Waals surface area contributed by atoms with Crippen LogP contribution in [0.1, 0.15) is 21.5 Å². The molecule has 8 nitrogen and oxygen atoms in total. The van der Waals surface area contributed by atoms with Crippen molar-refractivity contribution in [2.75, 3.05) is 6.54 Å². The van der Waals surface area contributed by atoms with E-state index in [1.54, 1.807) is 22.9 Å². The maximum absolute atomic E-state index is 12.3. The first-order chi connectivity index (χ1) is 20.0. The van der Waals surface area contributed by atoms with E-state index in [9.17, 15) is 9.59 Å². The molecule has 5 rings (SSSR count). The minimum Gasteiger partial charge on any atom is -0.489 e.